The summed E-state index contributed by atoms with van der Waals surface area (Å²) in [5.41, 5.74) is -0.523. The summed E-state index contributed by atoms with van der Waals surface area (Å²) in [6.45, 7) is 11.5. The third-order valence-electron chi connectivity index (χ3n) is 4.37. The number of hydrogen-bond acceptors (Lipinski definition) is 5. The van der Waals surface area contributed by atoms with E-state index < -0.39 is 11.7 Å². The van der Waals surface area contributed by atoms with E-state index in [9.17, 15) is 9.59 Å². The van der Waals surface area contributed by atoms with Crippen molar-refractivity contribution in [3.05, 3.63) is 0 Å². The largest absolute Gasteiger partial charge is 0.444 e. The number of hydrogen-bond donors (Lipinski definition) is 3. The molecule has 2 amide bonds. The second kappa shape index (κ2) is 11.7. The number of nitrogens with zero attached hydrogens (tertiary/aromatic N) is 3. The van der Waals surface area contributed by atoms with Gasteiger partial charge in [-0.1, -0.05) is 6.92 Å². The highest BCUT2D eigenvalue weighted by molar-refractivity contribution is 5.84. The first kappa shape index (κ1) is 24.0. The standard InChI is InChI=1S/C19H38N6O3/c1-7-25-12-8-9-15(25)13-22-17(23-14-16(26)24(5)6)20-10-11-21-18(27)28-19(2,3)4/h15H,7-14H2,1-6H3,(H,21,27)(H2,20,22,23). The molecule has 1 aliphatic heterocycles. The lowest BCUT2D eigenvalue weighted by Crippen LogP contribution is -2.47. The second-order valence-electron chi connectivity index (χ2n) is 8.11. The molecule has 1 aliphatic rings. The van der Waals surface area contributed by atoms with Crippen LogP contribution in [0.15, 0.2) is 4.99 Å². The van der Waals surface area contributed by atoms with E-state index >= 15 is 0 Å². The zero-order valence-electron chi connectivity index (χ0n) is 18.3. The third-order valence-corrected chi connectivity index (χ3v) is 4.37. The number of amides is 2. The fourth-order valence-corrected chi connectivity index (χ4v) is 2.88. The molecule has 28 heavy (non-hydrogen) atoms. The van der Waals surface area contributed by atoms with E-state index in [1.54, 1.807) is 14.1 Å². The Balaban J connectivity index is 2.49. The summed E-state index contributed by atoms with van der Waals surface area (Å²) in [7, 11) is 3.42. The summed E-state index contributed by atoms with van der Waals surface area (Å²) in [6.07, 6.45) is 1.91. The van der Waals surface area contributed by atoms with Crippen LogP contribution in [0.5, 0.6) is 0 Å². The Kier molecular flexibility index (Phi) is 10.1. The molecule has 1 unspecified atom stereocenters. The smallest absolute Gasteiger partial charge is 0.407 e. The number of carbonyl (C=O) groups excluding carboxylic acids is 2. The van der Waals surface area contributed by atoms with Crippen LogP contribution in [0, 0.1) is 0 Å². The van der Waals surface area contributed by atoms with E-state index in [1.165, 1.54) is 11.3 Å². The van der Waals surface area contributed by atoms with Crippen LogP contribution in [-0.2, 0) is 9.53 Å². The Morgan fingerprint density at radius 1 is 1.18 bits per heavy atom. The average molecular weight is 399 g/mol. The van der Waals surface area contributed by atoms with Gasteiger partial charge in [0, 0.05) is 39.8 Å². The first-order chi connectivity index (χ1) is 13.1. The van der Waals surface area contributed by atoms with Crippen molar-refractivity contribution in [3.8, 4) is 0 Å². The predicted octanol–water partition coefficient (Wildman–Crippen LogP) is 0.619. The number of nitrogens with one attached hydrogen (secondary N) is 3. The minimum absolute atomic E-state index is 0.0657. The van der Waals surface area contributed by atoms with Gasteiger partial charge in [-0.25, -0.2) is 9.79 Å². The first-order valence-electron chi connectivity index (χ1n) is 10.1. The van der Waals surface area contributed by atoms with Gasteiger partial charge >= 0.3 is 6.09 Å². The van der Waals surface area contributed by atoms with Crippen molar-refractivity contribution in [2.45, 2.75) is 52.2 Å². The minimum atomic E-state index is -0.523. The molecule has 3 N–H and O–H groups in total. The fraction of sp³-hybridized carbons (Fsp3) is 0.842. The summed E-state index contributed by atoms with van der Waals surface area (Å²) < 4.78 is 5.21. The van der Waals surface area contributed by atoms with Gasteiger partial charge in [-0.05, 0) is 46.7 Å². The molecule has 0 spiro atoms. The Morgan fingerprint density at radius 3 is 2.46 bits per heavy atom. The lowest BCUT2D eigenvalue weighted by molar-refractivity contribution is -0.127. The summed E-state index contributed by atoms with van der Waals surface area (Å²) in [5, 5.41) is 9.20. The van der Waals surface area contributed by atoms with E-state index in [1.807, 2.05) is 20.8 Å². The van der Waals surface area contributed by atoms with Crippen molar-refractivity contribution in [2.75, 3.05) is 53.4 Å². The van der Waals surface area contributed by atoms with Crippen molar-refractivity contribution in [1.82, 2.24) is 25.8 Å². The number of guanidine groups is 1. The van der Waals surface area contributed by atoms with Crippen LogP contribution in [0.25, 0.3) is 0 Å². The van der Waals surface area contributed by atoms with Crippen LogP contribution in [0.3, 0.4) is 0 Å². The summed E-state index contributed by atoms with van der Waals surface area (Å²) in [5.74, 6) is 0.508. The zero-order chi connectivity index (χ0) is 21.2. The number of rotatable bonds is 8. The molecule has 0 bridgehead atoms. The summed E-state index contributed by atoms with van der Waals surface area (Å²) in [6, 6.07) is 0.474. The molecule has 0 aromatic heterocycles. The highest BCUT2D eigenvalue weighted by atomic mass is 16.6. The van der Waals surface area contributed by atoms with Crippen LogP contribution >= 0.6 is 0 Å². The van der Waals surface area contributed by atoms with Crippen molar-refractivity contribution in [2.24, 2.45) is 4.99 Å². The Morgan fingerprint density at radius 2 is 1.86 bits per heavy atom. The molecule has 162 valence electrons. The molecule has 0 aromatic rings. The average Bonchev–Trinajstić information content (AvgIpc) is 3.05. The predicted molar refractivity (Wildman–Crippen MR) is 112 cm³/mol. The van der Waals surface area contributed by atoms with Crippen molar-refractivity contribution in [3.63, 3.8) is 0 Å². The molecule has 0 saturated carbocycles. The van der Waals surface area contributed by atoms with Crippen molar-refractivity contribution < 1.29 is 14.3 Å². The SMILES string of the molecule is CCN1CCCC1CNC(=NCC(=O)N(C)C)NCCNC(=O)OC(C)(C)C. The van der Waals surface area contributed by atoms with E-state index in [2.05, 4.69) is 32.8 Å². The topological polar surface area (TPSA) is 98.3 Å². The number of likely N-dealkylation sites (tertiary alicyclic amines) is 1. The van der Waals surface area contributed by atoms with Gasteiger partial charge in [0.2, 0.25) is 5.91 Å². The monoisotopic (exact) mass is 398 g/mol. The second-order valence-corrected chi connectivity index (χ2v) is 8.11. The maximum absolute atomic E-state index is 11.8. The van der Waals surface area contributed by atoms with Gasteiger partial charge in [0.1, 0.15) is 12.1 Å². The Hall–Kier alpha value is -2.03. The van der Waals surface area contributed by atoms with Gasteiger partial charge in [0.15, 0.2) is 5.96 Å². The number of carbonyl (C=O) groups is 2. The first-order valence-corrected chi connectivity index (χ1v) is 10.1. The van der Waals surface area contributed by atoms with E-state index in [0.717, 1.165) is 26.1 Å². The van der Waals surface area contributed by atoms with Gasteiger partial charge in [0.05, 0.1) is 0 Å². The molecular weight excluding hydrogens is 360 g/mol. The van der Waals surface area contributed by atoms with Gasteiger partial charge in [-0.3, -0.25) is 9.69 Å². The van der Waals surface area contributed by atoms with Crippen molar-refractivity contribution in [1.29, 1.82) is 0 Å². The van der Waals surface area contributed by atoms with Crippen LogP contribution < -0.4 is 16.0 Å². The maximum Gasteiger partial charge on any atom is 0.407 e. The van der Waals surface area contributed by atoms with E-state index in [0.29, 0.717) is 25.1 Å². The van der Waals surface area contributed by atoms with Crippen LogP contribution in [0.2, 0.25) is 0 Å². The Bertz CT molecular complexity index is 530. The number of alkyl carbamates (subject to hydrolysis) is 1. The van der Waals surface area contributed by atoms with Crippen LogP contribution in [0.4, 0.5) is 4.79 Å². The van der Waals surface area contributed by atoms with Crippen molar-refractivity contribution >= 4 is 18.0 Å². The summed E-state index contributed by atoms with van der Waals surface area (Å²) in [4.78, 5) is 31.9. The summed E-state index contributed by atoms with van der Waals surface area (Å²) >= 11 is 0. The van der Waals surface area contributed by atoms with Gasteiger partial charge in [-0.2, -0.15) is 0 Å². The molecule has 0 aliphatic carbocycles. The Labute approximate surface area is 169 Å². The molecule has 0 aromatic carbocycles. The normalized spacial score (nSPS) is 17.9. The highest BCUT2D eigenvalue weighted by Gasteiger charge is 2.23. The molecule has 1 rings (SSSR count). The van der Waals surface area contributed by atoms with Gasteiger partial charge < -0.3 is 25.6 Å². The lowest BCUT2D eigenvalue weighted by atomic mass is 10.2. The van der Waals surface area contributed by atoms with Crippen LogP contribution in [0.1, 0.15) is 40.5 Å². The van der Waals surface area contributed by atoms with Gasteiger partial charge in [0.25, 0.3) is 0 Å². The molecule has 9 heteroatoms. The van der Waals surface area contributed by atoms with E-state index in [4.69, 9.17) is 4.74 Å². The molecule has 1 fully saturated rings. The molecule has 9 nitrogen and oxygen atoms in total. The zero-order valence-corrected chi connectivity index (χ0v) is 18.3. The molecule has 0 radical (unpaired) electrons. The molecule has 1 atom stereocenters. The lowest BCUT2D eigenvalue weighted by Gasteiger charge is -2.24. The highest BCUT2D eigenvalue weighted by Crippen LogP contribution is 2.15. The molecule has 1 saturated heterocycles. The van der Waals surface area contributed by atoms with Gasteiger partial charge in [-0.15, -0.1) is 0 Å². The number of likely N-dealkylation sites (N-methyl/N-ethyl adjacent to an activating group) is 2. The molecule has 1 heterocycles. The number of ether oxygens (including phenoxy) is 1. The quantitative estimate of drug-likeness (QED) is 0.315. The molecular formula is C19H38N6O3. The van der Waals surface area contributed by atoms with E-state index in [-0.39, 0.29) is 12.5 Å². The van der Waals surface area contributed by atoms with Crippen LogP contribution in [-0.4, -0.2) is 92.8 Å². The fourth-order valence-electron chi connectivity index (χ4n) is 2.88. The third kappa shape index (κ3) is 9.77. The number of aliphatic imine (C=N–C) groups is 1. The maximum atomic E-state index is 11.8. The minimum Gasteiger partial charge on any atom is -0.444 e.